The molecule has 28 heavy (non-hydrogen) atoms. The van der Waals surface area contributed by atoms with Crippen molar-refractivity contribution in [2.75, 3.05) is 46.6 Å². The molecule has 1 saturated heterocycles. The smallest absolute Gasteiger partial charge is 0.194 e. The van der Waals surface area contributed by atoms with E-state index in [1.54, 1.807) is 7.11 Å². The maximum Gasteiger partial charge on any atom is 0.194 e. The molecule has 0 saturated carbocycles. The fourth-order valence-electron chi connectivity index (χ4n) is 3.31. The molecule has 1 unspecified atom stereocenters. The van der Waals surface area contributed by atoms with Crippen LogP contribution in [-0.4, -0.2) is 67.2 Å². The SMILES string of the molecule is CCNC(=NCc1cnn(-c2ccccc2)c1)N1CCC(COCCOC)C1. The molecule has 1 aromatic carbocycles. The summed E-state index contributed by atoms with van der Waals surface area (Å²) in [6.07, 6.45) is 5.05. The predicted octanol–water partition coefficient (Wildman–Crippen LogP) is 2.32. The van der Waals surface area contributed by atoms with Crippen LogP contribution in [-0.2, 0) is 16.0 Å². The predicted molar refractivity (Wildman–Crippen MR) is 111 cm³/mol. The Hall–Kier alpha value is -2.38. The molecule has 2 aromatic rings. The van der Waals surface area contributed by atoms with Crippen LogP contribution in [0.1, 0.15) is 18.9 Å². The fraction of sp³-hybridized carbons (Fsp3) is 0.524. The number of rotatable bonds is 9. The van der Waals surface area contributed by atoms with Gasteiger partial charge in [0.15, 0.2) is 5.96 Å². The van der Waals surface area contributed by atoms with Gasteiger partial charge in [0.25, 0.3) is 0 Å². The molecule has 7 heteroatoms. The van der Waals surface area contributed by atoms with Crippen molar-refractivity contribution in [1.29, 1.82) is 0 Å². The highest BCUT2D eigenvalue weighted by atomic mass is 16.5. The van der Waals surface area contributed by atoms with Crippen molar-refractivity contribution in [1.82, 2.24) is 20.0 Å². The molecule has 0 aliphatic carbocycles. The Bertz CT molecular complexity index is 731. The quantitative estimate of drug-likeness (QED) is 0.408. The van der Waals surface area contributed by atoms with Crippen LogP contribution < -0.4 is 5.32 Å². The van der Waals surface area contributed by atoms with E-state index < -0.39 is 0 Å². The van der Waals surface area contributed by atoms with Gasteiger partial charge in [-0.15, -0.1) is 0 Å². The van der Waals surface area contributed by atoms with Crippen molar-refractivity contribution in [3.63, 3.8) is 0 Å². The molecule has 3 rings (SSSR count). The van der Waals surface area contributed by atoms with Gasteiger partial charge < -0.3 is 19.7 Å². The second kappa shape index (κ2) is 10.8. The first-order valence-corrected chi connectivity index (χ1v) is 9.99. The number of aliphatic imine (C=N–C) groups is 1. The van der Waals surface area contributed by atoms with Crippen LogP contribution in [0.4, 0.5) is 0 Å². The van der Waals surface area contributed by atoms with Crippen molar-refractivity contribution in [2.45, 2.75) is 19.9 Å². The zero-order valence-corrected chi connectivity index (χ0v) is 16.9. The van der Waals surface area contributed by atoms with Gasteiger partial charge in [0.05, 0.1) is 38.2 Å². The van der Waals surface area contributed by atoms with Crippen LogP contribution in [0.2, 0.25) is 0 Å². The molecule has 7 nitrogen and oxygen atoms in total. The molecule has 0 radical (unpaired) electrons. The topological polar surface area (TPSA) is 63.9 Å². The molecule has 0 bridgehead atoms. The number of hydrogen-bond donors (Lipinski definition) is 1. The molecule has 1 aliphatic heterocycles. The molecule has 0 amide bonds. The van der Waals surface area contributed by atoms with Crippen LogP contribution in [0.3, 0.4) is 0 Å². The summed E-state index contributed by atoms with van der Waals surface area (Å²) in [6, 6.07) is 10.1. The van der Waals surface area contributed by atoms with E-state index in [9.17, 15) is 0 Å². The Kier molecular flexibility index (Phi) is 7.87. The summed E-state index contributed by atoms with van der Waals surface area (Å²) < 4.78 is 12.6. The molecule has 2 heterocycles. The summed E-state index contributed by atoms with van der Waals surface area (Å²) >= 11 is 0. The number of nitrogens with zero attached hydrogens (tertiary/aromatic N) is 4. The summed E-state index contributed by atoms with van der Waals surface area (Å²) in [5.74, 6) is 1.51. The van der Waals surface area contributed by atoms with Crippen molar-refractivity contribution < 1.29 is 9.47 Å². The highest BCUT2D eigenvalue weighted by Crippen LogP contribution is 2.17. The molecule has 152 valence electrons. The molecule has 1 aromatic heterocycles. The molecule has 1 fully saturated rings. The number of hydrogen-bond acceptors (Lipinski definition) is 4. The Morgan fingerprint density at radius 2 is 2.14 bits per heavy atom. The maximum absolute atomic E-state index is 5.70. The van der Waals surface area contributed by atoms with Gasteiger partial charge in [0.2, 0.25) is 0 Å². The lowest BCUT2D eigenvalue weighted by molar-refractivity contribution is 0.0536. The molecular formula is C21H31N5O2. The first-order valence-electron chi connectivity index (χ1n) is 9.99. The van der Waals surface area contributed by atoms with E-state index in [0.29, 0.717) is 25.7 Å². The van der Waals surface area contributed by atoms with Crippen molar-refractivity contribution in [3.8, 4) is 5.69 Å². The summed E-state index contributed by atoms with van der Waals surface area (Å²) in [6.45, 7) is 7.64. The minimum absolute atomic E-state index is 0.543. The Morgan fingerprint density at radius 3 is 2.93 bits per heavy atom. The van der Waals surface area contributed by atoms with Crippen molar-refractivity contribution in [2.24, 2.45) is 10.9 Å². The van der Waals surface area contributed by atoms with Gasteiger partial charge in [0, 0.05) is 44.4 Å². The second-order valence-electron chi connectivity index (χ2n) is 6.97. The minimum atomic E-state index is 0.543. The van der Waals surface area contributed by atoms with Crippen molar-refractivity contribution in [3.05, 3.63) is 48.3 Å². The first-order chi connectivity index (χ1) is 13.8. The number of likely N-dealkylation sites (tertiary alicyclic amines) is 1. The molecule has 1 N–H and O–H groups in total. The van der Waals surface area contributed by atoms with Gasteiger partial charge in [-0.25, -0.2) is 9.67 Å². The van der Waals surface area contributed by atoms with E-state index in [-0.39, 0.29) is 0 Å². The Labute approximate surface area is 167 Å². The average molecular weight is 386 g/mol. The van der Waals surface area contributed by atoms with Crippen molar-refractivity contribution >= 4 is 5.96 Å². The number of methoxy groups -OCH3 is 1. The third kappa shape index (κ3) is 5.81. The summed E-state index contributed by atoms with van der Waals surface area (Å²) in [4.78, 5) is 7.16. The van der Waals surface area contributed by atoms with E-state index in [0.717, 1.165) is 49.9 Å². The monoisotopic (exact) mass is 385 g/mol. The van der Waals surface area contributed by atoms with E-state index in [1.165, 1.54) is 0 Å². The zero-order valence-electron chi connectivity index (χ0n) is 16.9. The van der Waals surface area contributed by atoms with Gasteiger partial charge in [-0.3, -0.25) is 0 Å². The Balaban J connectivity index is 1.55. The fourth-order valence-corrected chi connectivity index (χ4v) is 3.31. The van der Waals surface area contributed by atoms with E-state index in [2.05, 4.69) is 22.2 Å². The number of nitrogens with one attached hydrogen (secondary N) is 1. The number of benzene rings is 1. The largest absolute Gasteiger partial charge is 0.382 e. The molecular weight excluding hydrogens is 354 g/mol. The average Bonchev–Trinajstić information content (AvgIpc) is 3.39. The number of para-hydroxylation sites is 1. The van der Waals surface area contributed by atoms with E-state index in [1.807, 2.05) is 47.4 Å². The van der Waals surface area contributed by atoms with Gasteiger partial charge >= 0.3 is 0 Å². The third-order valence-electron chi connectivity index (χ3n) is 4.77. The molecule has 1 aliphatic rings. The lowest BCUT2D eigenvalue weighted by Gasteiger charge is -2.21. The lowest BCUT2D eigenvalue weighted by Crippen LogP contribution is -2.40. The first kappa shape index (κ1) is 20.4. The highest BCUT2D eigenvalue weighted by molar-refractivity contribution is 5.80. The van der Waals surface area contributed by atoms with Gasteiger partial charge in [0.1, 0.15) is 0 Å². The number of ether oxygens (including phenoxy) is 2. The second-order valence-corrected chi connectivity index (χ2v) is 6.97. The minimum Gasteiger partial charge on any atom is -0.382 e. The normalized spacial score (nSPS) is 17.3. The lowest BCUT2D eigenvalue weighted by atomic mass is 10.1. The van der Waals surface area contributed by atoms with Crippen LogP contribution >= 0.6 is 0 Å². The standard InChI is InChI=1S/C21H31N5O2/c1-3-22-21(25-10-9-18(15-25)17-28-12-11-27-2)23-13-19-14-24-26(16-19)20-7-5-4-6-8-20/h4-8,14,16,18H,3,9-13,15,17H2,1-2H3,(H,22,23). The molecule has 1 atom stereocenters. The summed E-state index contributed by atoms with van der Waals surface area (Å²) in [5.41, 5.74) is 2.15. The zero-order chi connectivity index (χ0) is 19.6. The van der Waals surface area contributed by atoms with Crippen LogP contribution in [0.25, 0.3) is 5.69 Å². The van der Waals surface area contributed by atoms with Crippen LogP contribution in [0.5, 0.6) is 0 Å². The summed E-state index contributed by atoms with van der Waals surface area (Å²) in [7, 11) is 1.70. The number of aromatic nitrogens is 2. The Morgan fingerprint density at radius 1 is 1.29 bits per heavy atom. The van der Waals surface area contributed by atoms with E-state index >= 15 is 0 Å². The van der Waals surface area contributed by atoms with E-state index in [4.69, 9.17) is 14.5 Å². The maximum atomic E-state index is 5.70. The van der Waals surface area contributed by atoms with Gasteiger partial charge in [-0.05, 0) is 25.5 Å². The molecule has 0 spiro atoms. The third-order valence-corrected chi connectivity index (χ3v) is 4.77. The summed E-state index contributed by atoms with van der Waals surface area (Å²) in [5, 5.41) is 7.87. The van der Waals surface area contributed by atoms with Crippen LogP contribution in [0.15, 0.2) is 47.7 Å². The van der Waals surface area contributed by atoms with Gasteiger partial charge in [-0.1, -0.05) is 18.2 Å². The highest BCUT2D eigenvalue weighted by Gasteiger charge is 2.25. The van der Waals surface area contributed by atoms with Gasteiger partial charge in [-0.2, -0.15) is 5.10 Å². The van der Waals surface area contributed by atoms with Crippen LogP contribution in [0, 0.1) is 5.92 Å². The number of guanidine groups is 1.